The number of piperazine rings is 1. The third-order valence-electron chi connectivity index (χ3n) is 5.37. The number of hydrogen-bond donors (Lipinski definition) is 2. The van der Waals surface area contributed by atoms with Gasteiger partial charge in [0.2, 0.25) is 5.91 Å². The van der Waals surface area contributed by atoms with E-state index in [2.05, 4.69) is 34.4 Å². The molecule has 0 aromatic carbocycles. The van der Waals surface area contributed by atoms with Crippen LogP contribution >= 0.6 is 11.3 Å². The van der Waals surface area contributed by atoms with Crippen molar-refractivity contribution in [3.63, 3.8) is 0 Å². The number of nitrogens with zero attached hydrogens (tertiary/aromatic N) is 3. The SMILES string of the molecule is CN1CCN(C)C2(CCN(Cc3cccs3)CC2)C1=O.O=C(O)C(F)(F)F.O=C(O)C(F)(F)F. The van der Waals surface area contributed by atoms with Gasteiger partial charge in [0.05, 0.1) is 0 Å². The van der Waals surface area contributed by atoms with E-state index in [0.29, 0.717) is 5.91 Å². The summed E-state index contributed by atoms with van der Waals surface area (Å²) in [4.78, 5) is 38.5. The minimum absolute atomic E-state index is 0.237. The summed E-state index contributed by atoms with van der Waals surface area (Å²) in [7, 11) is 4.05. The number of carbonyl (C=O) groups is 3. The predicted octanol–water partition coefficient (Wildman–Crippen LogP) is 2.75. The van der Waals surface area contributed by atoms with Gasteiger partial charge in [-0.25, -0.2) is 9.59 Å². The number of thiophene rings is 1. The minimum atomic E-state index is -5.08. The minimum Gasteiger partial charge on any atom is -0.475 e. The third-order valence-corrected chi connectivity index (χ3v) is 6.24. The Labute approximate surface area is 195 Å². The van der Waals surface area contributed by atoms with Gasteiger partial charge >= 0.3 is 24.3 Å². The summed E-state index contributed by atoms with van der Waals surface area (Å²) in [5.74, 6) is -5.19. The van der Waals surface area contributed by atoms with Gasteiger partial charge in [-0.3, -0.25) is 14.6 Å². The van der Waals surface area contributed by atoms with Gasteiger partial charge in [0.15, 0.2) is 0 Å². The Morgan fingerprint density at radius 3 is 1.82 bits per heavy atom. The molecule has 194 valence electrons. The summed E-state index contributed by atoms with van der Waals surface area (Å²) in [6, 6.07) is 4.31. The Hall–Kier alpha value is -2.39. The zero-order chi connectivity index (χ0) is 26.3. The van der Waals surface area contributed by atoms with Crippen molar-refractivity contribution in [2.24, 2.45) is 0 Å². The number of likely N-dealkylation sites (N-methyl/N-ethyl adjacent to an activating group) is 2. The maximum Gasteiger partial charge on any atom is 0.490 e. The molecule has 0 atom stereocenters. The molecular formula is C19H25F6N3O5S. The van der Waals surface area contributed by atoms with E-state index in [0.717, 1.165) is 45.6 Å². The molecule has 0 saturated carbocycles. The number of piperidine rings is 1. The molecule has 2 aliphatic heterocycles. The molecule has 3 rings (SSSR count). The van der Waals surface area contributed by atoms with Gasteiger partial charge in [0, 0.05) is 44.6 Å². The molecule has 15 heteroatoms. The molecule has 1 aromatic heterocycles. The van der Waals surface area contributed by atoms with Gasteiger partial charge in [0.1, 0.15) is 5.54 Å². The monoisotopic (exact) mass is 521 g/mol. The first-order chi connectivity index (χ1) is 15.5. The zero-order valence-electron chi connectivity index (χ0n) is 18.3. The van der Waals surface area contributed by atoms with Crippen molar-refractivity contribution in [1.82, 2.24) is 14.7 Å². The average Bonchev–Trinajstić information content (AvgIpc) is 3.23. The van der Waals surface area contributed by atoms with Gasteiger partial charge in [-0.15, -0.1) is 11.3 Å². The molecule has 0 unspecified atom stereocenters. The Kier molecular flexibility index (Phi) is 10.3. The molecule has 0 radical (unpaired) electrons. The lowest BCUT2D eigenvalue weighted by Gasteiger charge is -2.50. The van der Waals surface area contributed by atoms with E-state index in [4.69, 9.17) is 19.8 Å². The van der Waals surface area contributed by atoms with Crippen LogP contribution in [0, 0.1) is 0 Å². The highest BCUT2D eigenvalue weighted by Gasteiger charge is 2.48. The van der Waals surface area contributed by atoms with E-state index in [-0.39, 0.29) is 5.54 Å². The molecule has 0 aliphatic carbocycles. The fraction of sp³-hybridized carbons (Fsp3) is 0.632. The largest absolute Gasteiger partial charge is 0.490 e. The lowest BCUT2D eigenvalue weighted by Crippen LogP contribution is -2.66. The maximum atomic E-state index is 12.6. The first kappa shape index (κ1) is 29.6. The Morgan fingerprint density at radius 1 is 0.971 bits per heavy atom. The number of alkyl halides is 6. The van der Waals surface area contributed by atoms with Crippen molar-refractivity contribution < 1.29 is 50.9 Å². The summed E-state index contributed by atoms with van der Waals surface area (Å²) in [6.45, 7) is 4.91. The number of rotatable bonds is 2. The van der Waals surface area contributed by atoms with Crippen LogP contribution in [-0.4, -0.2) is 101 Å². The Balaban J connectivity index is 0.000000343. The molecule has 0 bridgehead atoms. The summed E-state index contributed by atoms with van der Waals surface area (Å²) in [5, 5.41) is 16.4. The molecule has 2 aliphatic rings. The number of aliphatic carboxylic acids is 2. The van der Waals surface area contributed by atoms with E-state index in [1.807, 2.05) is 23.3 Å². The quantitative estimate of drug-likeness (QED) is 0.578. The number of amides is 1. The van der Waals surface area contributed by atoms with Crippen LogP contribution in [0.2, 0.25) is 0 Å². The second kappa shape index (κ2) is 11.8. The first-order valence-electron chi connectivity index (χ1n) is 9.82. The van der Waals surface area contributed by atoms with E-state index in [1.54, 1.807) is 0 Å². The van der Waals surface area contributed by atoms with Crippen molar-refractivity contribution in [2.75, 3.05) is 40.3 Å². The van der Waals surface area contributed by atoms with Crippen molar-refractivity contribution in [1.29, 1.82) is 0 Å². The van der Waals surface area contributed by atoms with Crippen molar-refractivity contribution in [3.8, 4) is 0 Å². The molecule has 1 spiro atoms. The summed E-state index contributed by atoms with van der Waals surface area (Å²) in [5.41, 5.74) is -0.237. The fourth-order valence-electron chi connectivity index (χ4n) is 3.43. The fourth-order valence-corrected chi connectivity index (χ4v) is 4.18. The number of halogens is 6. The van der Waals surface area contributed by atoms with Crippen molar-refractivity contribution >= 4 is 29.2 Å². The Bertz CT molecular complexity index is 799. The van der Waals surface area contributed by atoms with Crippen LogP contribution in [0.5, 0.6) is 0 Å². The predicted molar refractivity (Wildman–Crippen MR) is 109 cm³/mol. The van der Waals surface area contributed by atoms with E-state index in [9.17, 15) is 31.1 Å². The van der Waals surface area contributed by atoms with Crippen molar-refractivity contribution in [3.05, 3.63) is 22.4 Å². The van der Waals surface area contributed by atoms with Gasteiger partial charge in [0.25, 0.3) is 0 Å². The number of carboxylic acids is 2. The van der Waals surface area contributed by atoms with Crippen LogP contribution in [0.3, 0.4) is 0 Å². The zero-order valence-corrected chi connectivity index (χ0v) is 19.1. The van der Waals surface area contributed by atoms with Gasteiger partial charge in [-0.05, 0) is 31.3 Å². The highest BCUT2D eigenvalue weighted by Crippen LogP contribution is 2.33. The van der Waals surface area contributed by atoms with Crippen LogP contribution in [0.25, 0.3) is 0 Å². The smallest absolute Gasteiger partial charge is 0.475 e. The van der Waals surface area contributed by atoms with E-state index < -0.39 is 24.3 Å². The Morgan fingerprint density at radius 2 is 1.44 bits per heavy atom. The van der Waals surface area contributed by atoms with Gasteiger partial charge < -0.3 is 15.1 Å². The van der Waals surface area contributed by atoms with Crippen LogP contribution in [0.15, 0.2) is 17.5 Å². The van der Waals surface area contributed by atoms with Gasteiger partial charge in [-0.1, -0.05) is 6.07 Å². The maximum absolute atomic E-state index is 12.6. The van der Waals surface area contributed by atoms with Crippen LogP contribution < -0.4 is 0 Å². The third kappa shape index (κ3) is 8.43. The standard InChI is InChI=1S/C15H23N3OS.2C2HF3O2/c1-16-9-10-17(2)15(14(16)19)5-7-18(8-6-15)12-13-4-3-11-20-13;2*3-2(4,5)1(6)7/h3-4,11H,5-10,12H2,1-2H3;2*(H,6,7). The number of carboxylic acid groups (broad SMARTS) is 2. The topological polar surface area (TPSA) is 101 Å². The van der Waals surface area contributed by atoms with Crippen LogP contribution in [-0.2, 0) is 20.9 Å². The second-order valence-corrected chi connectivity index (χ2v) is 8.67. The average molecular weight is 521 g/mol. The molecule has 3 heterocycles. The van der Waals surface area contributed by atoms with E-state index >= 15 is 0 Å². The summed E-state index contributed by atoms with van der Waals surface area (Å²) >= 11 is 1.82. The molecule has 2 N–H and O–H groups in total. The van der Waals surface area contributed by atoms with Gasteiger partial charge in [-0.2, -0.15) is 26.3 Å². The van der Waals surface area contributed by atoms with E-state index in [1.165, 1.54) is 4.88 Å². The summed E-state index contributed by atoms with van der Waals surface area (Å²) < 4.78 is 63.5. The highest BCUT2D eigenvalue weighted by atomic mass is 32.1. The lowest BCUT2D eigenvalue weighted by molar-refractivity contribution is -0.193. The highest BCUT2D eigenvalue weighted by molar-refractivity contribution is 7.09. The van der Waals surface area contributed by atoms with Crippen molar-refractivity contribution in [2.45, 2.75) is 37.3 Å². The lowest BCUT2D eigenvalue weighted by atomic mass is 9.83. The molecule has 1 amide bonds. The van der Waals surface area contributed by atoms with Crippen LogP contribution in [0.1, 0.15) is 17.7 Å². The first-order valence-corrected chi connectivity index (χ1v) is 10.7. The second-order valence-electron chi connectivity index (χ2n) is 7.64. The molecule has 34 heavy (non-hydrogen) atoms. The molecule has 8 nitrogen and oxygen atoms in total. The normalized spacial score (nSPS) is 19.1. The molecule has 2 saturated heterocycles. The number of hydrogen-bond acceptors (Lipinski definition) is 6. The summed E-state index contributed by atoms with van der Waals surface area (Å²) in [6.07, 6.45) is -8.25. The molecule has 1 aromatic rings. The molecular weight excluding hydrogens is 496 g/mol. The number of likely N-dealkylation sites (tertiary alicyclic amines) is 1. The van der Waals surface area contributed by atoms with Crippen LogP contribution in [0.4, 0.5) is 26.3 Å². The number of carbonyl (C=O) groups excluding carboxylic acids is 1. The molecule has 2 fully saturated rings.